The van der Waals surface area contributed by atoms with Crippen molar-refractivity contribution in [2.45, 2.75) is 39.2 Å². The van der Waals surface area contributed by atoms with E-state index in [1.807, 2.05) is 13.8 Å². The molecule has 0 unspecified atom stereocenters. The Balaban J connectivity index is 0.00000264. The van der Waals surface area contributed by atoms with Crippen LogP contribution in [-0.2, 0) is 9.59 Å². The lowest BCUT2D eigenvalue weighted by molar-refractivity contribution is -0.121. The summed E-state index contributed by atoms with van der Waals surface area (Å²) in [7, 11) is 0. The van der Waals surface area contributed by atoms with Gasteiger partial charge in [0.15, 0.2) is 11.5 Å². The van der Waals surface area contributed by atoms with Crippen LogP contribution in [-0.4, -0.2) is 24.6 Å². The first-order valence-electron chi connectivity index (χ1n) is 7.24. The van der Waals surface area contributed by atoms with Crippen LogP contribution in [0.4, 0.5) is 11.4 Å². The Morgan fingerprint density at radius 1 is 1.17 bits per heavy atom. The summed E-state index contributed by atoms with van der Waals surface area (Å²) in [4.78, 5) is 23.4. The molecule has 0 aliphatic carbocycles. The number of hydrogen-bond donors (Lipinski definition) is 3. The van der Waals surface area contributed by atoms with Crippen LogP contribution in [0.2, 0.25) is 0 Å². The minimum Gasteiger partial charge on any atom is -0.454 e. The molecule has 2 amide bonds. The number of fused-ring (bicyclic) bond motifs is 1. The monoisotopic (exact) mass is 343 g/mol. The molecule has 0 saturated carbocycles. The molecule has 128 valence electrons. The van der Waals surface area contributed by atoms with Crippen LogP contribution in [0.1, 0.15) is 33.1 Å². The van der Waals surface area contributed by atoms with E-state index in [-0.39, 0.29) is 43.5 Å². The molecule has 4 N–H and O–H groups in total. The molecule has 1 aromatic rings. The van der Waals surface area contributed by atoms with Gasteiger partial charge in [0.25, 0.3) is 0 Å². The van der Waals surface area contributed by atoms with Gasteiger partial charge in [-0.15, -0.1) is 12.4 Å². The predicted molar refractivity (Wildman–Crippen MR) is 90.0 cm³/mol. The van der Waals surface area contributed by atoms with Gasteiger partial charge in [-0.3, -0.25) is 9.59 Å². The van der Waals surface area contributed by atoms with Gasteiger partial charge in [-0.2, -0.15) is 0 Å². The molecule has 0 bridgehead atoms. The number of amides is 2. The highest BCUT2D eigenvalue weighted by atomic mass is 35.5. The molecule has 0 fully saturated rings. The SMILES string of the molecule is CC(C)NC(=O)CCCC(=O)Nc1cc2c(cc1N)OCO2.Cl. The molecule has 7 nitrogen and oxygen atoms in total. The summed E-state index contributed by atoms with van der Waals surface area (Å²) in [5.41, 5.74) is 6.76. The summed E-state index contributed by atoms with van der Waals surface area (Å²) in [5.74, 6) is 0.884. The normalized spacial score (nSPS) is 11.8. The lowest BCUT2D eigenvalue weighted by Crippen LogP contribution is -2.30. The third kappa shape index (κ3) is 5.52. The maximum absolute atomic E-state index is 11.9. The number of nitrogens with one attached hydrogen (secondary N) is 2. The maximum Gasteiger partial charge on any atom is 0.231 e. The summed E-state index contributed by atoms with van der Waals surface area (Å²) in [6, 6.07) is 3.37. The van der Waals surface area contributed by atoms with E-state index in [1.165, 1.54) is 0 Å². The van der Waals surface area contributed by atoms with Crippen LogP contribution in [0.25, 0.3) is 0 Å². The summed E-state index contributed by atoms with van der Waals surface area (Å²) in [5, 5.41) is 5.51. The summed E-state index contributed by atoms with van der Waals surface area (Å²) >= 11 is 0. The molecule has 8 heteroatoms. The largest absolute Gasteiger partial charge is 0.454 e. The third-order valence-electron chi connectivity index (χ3n) is 3.08. The fraction of sp³-hybridized carbons (Fsp3) is 0.467. The Morgan fingerprint density at radius 2 is 1.78 bits per heavy atom. The molecule has 23 heavy (non-hydrogen) atoms. The molecule has 0 saturated heterocycles. The van der Waals surface area contributed by atoms with Gasteiger partial charge in [0.2, 0.25) is 18.6 Å². The van der Waals surface area contributed by atoms with Crippen molar-refractivity contribution < 1.29 is 19.1 Å². The zero-order valence-corrected chi connectivity index (χ0v) is 14.0. The van der Waals surface area contributed by atoms with Gasteiger partial charge >= 0.3 is 0 Å². The standard InChI is InChI=1S/C15H21N3O4.ClH/c1-9(2)17-14(19)4-3-5-15(20)18-11-7-13-12(6-10(11)16)21-8-22-13;/h6-7,9H,3-5,8,16H2,1-2H3,(H,17,19)(H,18,20);1H. The summed E-state index contributed by atoms with van der Waals surface area (Å²) < 4.78 is 10.4. The highest BCUT2D eigenvalue weighted by Gasteiger charge is 2.17. The number of nitrogens with two attached hydrogens (primary N) is 1. The first kappa shape index (κ1) is 18.9. The lowest BCUT2D eigenvalue weighted by atomic mass is 10.2. The molecule has 2 rings (SSSR count). The van der Waals surface area contributed by atoms with Crippen LogP contribution < -0.4 is 25.8 Å². The van der Waals surface area contributed by atoms with Gasteiger partial charge in [-0.25, -0.2) is 0 Å². The van der Waals surface area contributed by atoms with Gasteiger partial charge in [0, 0.05) is 31.0 Å². The molecular formula is C15H22ClN3O4. The number of carbonyl (C=O) groups is 2. The number of halogens is 1. The Kier molecular flexibility index (Phi) is 6.96. The van der Waals surface area contributed by atoms with E-state index in [0.29, 0.717) is 35.7 Å². The lowest BCUT2D eigenvalue weighted by Gasteiger charge is -2.10. The number of rotatable bonds is 6. The second kappa shape index (κ2) is 8.47. The smallest absolute Gasteiger partial charge is 0.231 e. The molecule has 1 aliphatic rings. The fourth-order valence-electron chi connectivity index (χ4n) is 2.08. The Hall–Kier alpha value is -2.15. The van der Waals surface area contributed by atoms with E-state index in [9.17, 15) is 9.59 Å². The average molecular weight is 344 g/mol. The van der Waals surface area contributed by atoms with E-state index in [1.54, 1.807) is 12.1 Å². The van der Waals surface area contributed by atoms with Crippen molar-refractivity contribution in [3.63, 3.8) is 0 Å². The molecule has 1 aliphatic heterocycles. The van der Waals surface area contributed by atoms with Crippen LogP contribution in [0.5, 0.6) is 11.5 Å². The van der Waals surface area contributed by atoms with Gasteiger partial charge in [0.05, 0.1) is 11.4 Å². The van der Waals surface area contributed by atoms with Crippen LogP contribution in [0.15, 0.2) is 12.1 Å². The second-order valence-corrected chi connectivity index (χ2v) is 5.42. The van der Waals surface area contributed by atoms with Crippen molar-refractivity contribution in [3.05, 3.63) is 12.1 Å². The minimum absolute atomic E-state index is 0. The van der Waals surface area contributed by atoms with Crippen molar-refractivity contribution in [3.8, 4) is 11.5 Å². The fourth-order valence-corrected chi connectivity index (χ4v) is 2.08. The van der Waals surface area contributed by atoms with Crippen molar-refractivity contribution in [2.75, 3.05) is 17.8 Å². The summed E-state index contributed by atoms with van der Waals surface area (Å²) in [6.07, 6.45) is 1.05. The van der Waals surface area contributed by atoms with Crippen LogP contribution >= 0.6 is 12.4 Å². The molecule has 0 radical (unpaired) electrons. The topological polar surface area (TPSA) is 103 Å². The molecule has 0 atom stereocenters. The van der Waals surface area contributed by atoms with Crippen molar-refractivity contribution in [1.29, 1.82) is 0 Å². The Bertz CT molecular complexity index is 578. The van der Waals surface area contributed by atoms with E-state index in [0.717, 1.165) is 0 Å². The van der Waals surface area contributed by atoms with E-state index >= 15 is 0 Å². The molecule has 1 aromatic carbocycles. The molecule has 0 spiro atoms. The number of ether oxygens (including phenoxy) is 2. The Labute approximate surface area is 141 Å². The van der Waals surface area contributed by atoms with E-state index in [2.05, 4.69) is 10.6 Å². The van der Waals surface area contributed by atoms with E-state index < -0.39 is 0 Å². The van der Waals surface area contributed by atoms with E-state index in [4.69, 9.17) is 15.2 Å². The number of benzene rings is 1. The number of anilines is 2. The number of carbonyl (C=O) groups excluding carboxylic acids is 2. The minimum atomic E-state index is -0.192. The summed E-state index contributed by atoms with van der Waals surface area (Å²) in [6.45, 7) is 3.94. The van der Waals surface area contributed by atoms with Crippen LogP contribution in [0, 0.1) is 0 Å². The highest BCUT2D eigenvalue weighted by Crippen LogP contribution is 2.38. The first-order chi connectivity index (χ1) is 10.5. The van der Waals surface area contributed by atoms with Gasteiger partial charge < -0.3 is 25.8 Å². The highest BCUT2D eigenvalue weighted by molar-refractivity contribution is 5.94. The van der Waals surface area contributed by atoms with Crippen molar-refractivity contribution in [2.24, 2.45) is 0 Å². The van der Waals surface area contributed by atoms with Crippen molar-refractivity contribution in [1.82, 2.24) is 5.32 Å². The maximum atomic E-state index is 11.9. The van der Waals surface area contributed by atoms with Gasteiger partial charge in [-0.05, 0) is 20.3 Å². The van der Waals surface area contributed by atoms with Gasteiger partial charge in [-0.1, -0.05) is 0 Å². The van der Waals surface area contributed by atoms with Gasteiger partial charge in [0.1, 0.15) is 0 Å². The molecular weight excluding hydrogens is 322 g/mol. The number of nitrogen functional groups attached to an aromatic ring is 1. The quantitative estimate of drug-likeness (QED) is 0.686. The van der Waals surface area contributed by atoms with Crippen LogP contribution in [0.3, 0.4) is 0 Å². The zero-order chi connectivity index (χ0) is 16.1. The number of hydrogen-bond acceptors (Lipinski definition) is 5. The third-order valence-corrected chi connectivity index (χ3v) is 3.08. The predicted octanol–water partition coefficient (Wildman–Crippen LogP) is 2.05. The second-order valence-electron chi connectivity index (χ2n) is 5.42. The molecule has 0 aromatic heterocycles. The molecule has 1 heterocycles. The zero-order valence-electron chi connectivity index (χ0n) is 13.2. The Morgan fingerprint density at radius 3 is 2.43 bits per heavy atom. The van der Waals surface area contributed by atoms with Crippen molar-refractivity contribution >= 4 is 35.6 Å². The first-order valence-corrected chi connectivity index (χ1v) is 7.24. The average Bonchev–Trinajstić information content (AvgIpc) is 2.85.